The molecular formula is C29H33N7O3S. The van der Waals surface area contributed by atoms with Crippen LogP contribution in [0.3, 0.4) is 0 Å². The lowest BCUT2D eigenvalue weighted by atomic mass is 10.0. The van der Waals surface area contributed by atoms with E-state index in [0.29, 0.717) is 37.2 Å². The van der Waals surface area contributed by atoms with Crippen LogP contribution in [0.5, 0.6) is 0 Å². The van der Waals surface area contributed by atoms with Crippen LogP contribution in [-0.4, -0.2) is 44.3 Å². The largest absolute Gasteiger partial charge is 0.324 e. The first-order valence-electron chi connectivity index (χ1n) is 13.2. The van der Waals surface area contributed by atoms with E-state index in [9.17, 15) is 13.2 Å². The number of nitrogens with one attached hydrogen (secondary N) is 2. The number of hydrogen-bond acceptors (Lipinski definition) is 8. The van der Waals surface area contributed by atoms with Crippen molar-refractivity contribution in [1.29, 1.82) is 0 Å². The predicted octanol–water partition coefficient (Wildman–Crippen LogP) is 4.85. The molecule has 2 N–H and O–H groups in total. The van der Waals surface area contributed by atoms with E-state index in [1.165, 1.54) is 18.3 Å². The van der Waals surface area contributed by atoms with Crippen LogP contribution >= 0.6 is 0 Å². The lowest BCUT2D eigenvalue weighted by Crippen LogP contribution is -2.24. The number of aryl methyl sites for hydroxylation is 3. The van der Waals surface area contributed by atoms with Gasteiger partial charge in [0, 0.05) is 30.3 Å². The van der Waals surface area contributed by atoms with E-state index in [1.54, 1.807) is 18.6 Å². The van der Waals surface area contributed by atoms with Gasteiger partial charge in [0.25, 0.3) is 5.91 Å². The second-order valence-corrected chi connectivity index (χ2v) is 13.3. The Morgan fingerprint density at radius 1 is 1.02 bits per heavy atom. The highest BCUT2D eigenvalue weighted by Gasteiger charge is 2.37. The summed E-state index contributed by atoms with van der Waals surface area (Å²) in [5, 5.41) is 10.7. The fraction of sp³-hybridized carbons (Fsp3) is 0.345. The predicted molar refractivity (Wildman–Crippen MR) is 154 cm³/mol. The zero-order valence-corrected chi connectivity index (χ0v) is 23.9. The Labute approximate surface area is 234 Å². The summed E-state index contributed by atoms with van der Waals surface area (Å²) in [7, 11) is -3.41. The van der Waals surface area contributed by atoms with Gasteiger partial charge in [0.15, 0.2) is 9.84 Å². The minimum Gasteiger partial charge on any atom is -0.324 e. The van der Waals surface area contributed by atoms with Gasteiger partial charge in [-0.25, -0.2) is 18.1 Å². The molecule has 1 saturated carbocycles. The second-order valence-electron chi connectivity index (χ2n) is 11.0. The van der Waals surface area contributed by atoms with Gasteiger partial charge in [-0.2, -0.15) is 5.10 Å². The topological polar surface area (TPSA) is 132 Å². The highest BCUT2D eigenvalue weighted by Crippen LogP contribution is 2.33. The fourth-order valence-electron chi connectivity index (χ4n) is 4.41. The van der Waals surface area contributed by atoms with Gasteiger partial charge in [-0.15, -0.1) is 0 Å². The van der Waals surface area contributed by atoms with E-state index in [0.717, 1.165) is 22.6 Å². The molecular weight excluding hydrogens is 526 g/mol. The van der Waals surface area contributed by atoms with Gasteiger partial charge in [0.2, 0.25) is 0 Å². The number of nitrogens with zero attached hydrogens (tertiary/aromatic N) is 5. The van der Waals surface area contributed by atoms with Crippen LogP contribution in [0, 0.1) is 6.92 Å². The molecule has 1 aliphatic carbocycles. The third-order valence-corrected chi connectivity index (χ3v) is 8.99. The highest BCUT2D eigenvalue weighted by atomic mass is 32.2. The third-order valence-electron chi connectivity index (χ3n) is 6.73. The maximum atomic E-state index is 12.9. The van der Waals surface area contributed by atoms with E-state index in [1.807, 2.05) is 35.9 Å². The van der Waals surface area contributed by atoms with E-state index in [2.05, 4.69) is 46.4 Å². The molecule has 1 aromatic carbocycles. The minimum absolute atomic E-state index is 0.0692. The maximum Gasteiger partial charge on any atom is 0.274 e. The molecule has 0 radical (unpaired) electrons. The first kappa shape index (κ1) is 27.4. The molecule has 208 valence electrons. The molecule has 1 aliphatic rings. The molecule has 1 fully saturated rings. The normalized spacial score (nSPS) is 13.7. The van der Waals surface area contributed by atoms with Crippen molar-refractivity contribution in [2.75, 3.05) is 10.6 Å². The first-order chi connectivity index (χ1) is 19.0. The van der Waals surface area contributed by atoms with Crippen molar-refractivity contribution in [3.8, 4) is 0 Å². The smallest absolute Gasteiger partial charge is 0.274 e. The summed E-state index contributed by atoms with van der Waals surface area (Å²) < 4.78 is 27.1. The van der Waals surface area contributed by atoms with E-state index in [-0.39, 0.29) is 21.4 Å². The molecule has 0 spiro atoms. The standard InChI is InChI=1S/C29H33N7O3S/c1-19-5-7-21(33-28(37)25-17-24(11-12-31-25)40(38,39)23-9-10-23)15-20(19)6-8-22-16-27(36(35-22)29(2,3)4)34-26-18-30-13-14-32-26/h5,7,11-18,23H,6,8-10H2,1-4H3,(H,32,34)(H,33,37). The van der Waals surface area contributed by atoms with Crippen molar-refractivity contribution >= 4 is 33.1 Å². The number of pyridine rings is 1. The van der Waals surface area contributed by atoms with Gasteiger partial charge >= 0.3 is 0 Å². The Balaban J connectivity index is 1.30. The number of carbonyl (C=O) groups excluding carboxylic acids is 1. The Hall–Kier alpha value is -4.12. The van der Waals surface area contributed by atoms with Crippen molar-refractivity contribution in [3.63, 3.8) is 0 Å². The zero-order valence-electron chi connectivity index (χ0n) is 23.0. The molecule has 4 aromatic rings. The number of rotatable bonds is 9. The number of carbonyl (C=O) groups is 1. The number of hydrogen-bond donors (Lipinski definition) is 2. The van der Waals surface area contributed by atoms with Gasteiger partial charge in [-0.3, -0.25) is 14.8 Å². The lowest BCUT2D eigenvalue weighted by Gasteiger charge is -2.22. The van der Waals surface area contributed by atoms with E-state index < -0.39 is 15.7 Å². The molecule has 5 rings (SSSR count). The van der Waals surface area contributed by atoms with Gasteiger partial charge in [-0.1, -0.05) is 6.07 Å². The van der Waals surface area contributed by atoms with Gasteiger partial charge in [0.1, 0.15) is 17.3 Å². The van der Waals surface area contributed by atoms with Gasteiger partial charge in [-0.05, 0) is 88.8 Å². The zero-order chi connectivity index (χ0) is 28.5. The molecule has 0 saturated heterocycles. The number of aromatic nitrogens is 5. The molecule has 0 aliphatic heterocycles. The maximum absolute atomic E-state index is 12.9. The Morgan fingerprint density at radius 3 is 2.52 bits per heavy atom. The summed E-state index contributed by atoms with van der Waals surface area (Å²) in [4.78, 5) is 25.6. The molecule has 10 nitrogen and oxygen atoms in total. The molecule has 11 heteroatoms. The van der Waals surface area contributed by atoms with Crippen LogP contribution in [-0.2, 0) is 28.2 Å². The summed E-state index contributed by atoms with van der Waals surface area (Å²) in [5.74, 6) is 1.02. The van der Waals surface area contributed by atoms with Crippen molar-refractivity contribution in [2.24, 2.45) is 0 Å². The average Bonchev–Trinajstić information content (AvgIpc) is 3.71. The molecule has 0 unspecified atom stereocenters. The van der Waals surface area contributed by atoms with Crippen LogP contribution in [0.25, 0.3) is 0 Å². The molecule has 40 heavy (non-hydrogen) atoms. The monoisotopic (exact) mass is 559 g/mol. The third kappa shape index (κ3) is 6.20. The lowest BCUT2D eigenvalue weighted by molar-refractivity contribution is 0.102. The molecule has 0 bridgehead atoms. The number of anilines is 3. The SMILES string of the molecule is Cc1ccc(NC(=O)c2cc(S(=O)(=O)C3CC3)ccn2)cc1CCc1cc(Nc2cnccn2)n(C(C)(C)C)n1. The first-order valence-corrected chi connectivity index (χ1v) is 14.8. The second kappa shape index (κ2) is 10.8. The molecule has 3 aromatic heterocycles. The highest BCUT2D eigenvalue weighted by molar-refractivity contribution is 7.92. The molecule has 3 heterocycles. The number of benzene rings is 1. The van der Waals surface area contributed by atoms with Crippen LogP contribution in [0.4, 0.5) is 17.3 Å². The van der Waals surface area contributed by atoms with Crippen molar-refractivity contribution in [1.82, 2.24) is 24.7 Å². The Kier molecular flexibility index (Phi) is 7.41. The van der Waals surface area contributed by atoms with E-state index in [4.69, 9.17) is 5.10 Å². The quantitative estimate of drug-likeness (QED) is 0.298. The Morgan fingerprint density at radius 2 is 1.82 bits per heavy atom. The van der Waals surface area contributed by atoms with E-state index >= 15 is 0 Å². The number of sulfone groups is 1. The van der Waals surface area contributed by atoms with Crippen molar-refractivity contribution in [3.05, 3.63) is 83.7 Å². The van der Waals surface area contributed by atoms with Crippen molar-refractivity contribution < 1.29 is 13.2 Å². The summed E-state index contributed by atoms with van der Waals surface area (Å²) in [5.41, 5.74) is 3.54. The van der Waals surface area contributed by atoms with Crippen LogP contribution in [0.1, 0.15) is 60.9 Å². The fourth-order valence-corrected chi connectivity index (χ4v) is 6.08. The van der Waals surface area contributed by atoms with Gasteiger partial charge < -0.3 is 10.6 Å². The average molecular weight is 560 g/mol. The van der Waals surface area contributed by atoms with Crippen LogP contribution in [0.2, 0.25) is 0 Å². The summed E-state index contributed by atoms with van der Waals surface area (Å²) in [6.45, 7) is 8.30. The Bertz CT molecular complexity index is 1640. The van der Waals surface area contributed by atoms with Crippen LogP contribution < -0.4 is 10.6 Å². The van der Waals surface area contributed by atoms with Crippen LogP contribution in [0.15, 0.2) is 66.1 Å². The minimum atomic E-state index is -3.41. The molecule has 1 amide bonds. The van der Waals surface area contributed by atoms with Gasteiger partial charge in [0.05, 0.1) is 27.6 Å². The molecule has 0 atom stereocenters. The number of amides is 1. The summed E-state index contributed by atoms with van der Waals surface area (Å²) >= 11 is 0. The van der Waals surface area contributed by atoms with Crippen molar-refractivity contribution in [2.45, 2.75) is 69.1 Å². The summed E-state index contributed by atoms with van der Waals surface area (Å²) in [6, 6.07) is 10.6. The summed E-state index contributed by atoms with van der Waals surface area (Å²) in [6.07, 6.45) is 9.04.